The second-order valence-electron chi connectivity index (χ2n) is 8.11. The van der Waals surface area contributed by atoms with Crippen LogP contribution >= 0.6 is 11.6 Å². The fraction of sp³-hybridized carbons (Fsp3) is 0.417. The van der Waals surface area contributed by atoms with Gasteiger partial charge in [-0.1, -0.05) is 11.6 Å². The highest BCUT2D eigenvalue weighted by Gasteiger charge is 2.18. The zero-order valence-corrected chi connectivity index (χ0v) is 20.1. The van der Waals surface area contributed by atoms with Gasteiger partial charge in [-0.25, -0.2) is 18.2 Å². The normalized spacial score (nSPS) is 11.3. The molecule has 11 heteroatoms. The van der Waals surface area contributed by atoms with Gasteiger partial charge in [0.1, 0.15) is 23.3 Å². The zero-order valence-electron chi connectivity index (χ0n) is 19.3. The van der Waals surface area contributed by atoms with E-state index in [1.165, 1.54) is 6.07 Å². The predicted octanol–water partition coefficient (Wildman–Crippen LogP) is 3.77. The number of H-pyrrole nitrogens is 1. The molecule has 2 aromatic carbocycles. The minimum absolute atomic E-state index is 0.0103. The summed E-state index contributed by atoms with van der Waals surface area (Å²) < 4.78 is 42.7. The number of nitrogens with two attached hydrogens (primary N) is 1. The highest BCUT2D eigenvalue weighted by molar-refractivity contribution is 6.33. The predicted molar refractivity (Wildman–Crippen MR) is 134 cm³/mol. The van der Waals surface area contributed by atoms with Crippen LogP contribution in [0.15, 0.2) is 29.1 Å². The number of nitrogens with zero attached hydrogens (tertiary/aromatic N) is 1. The van der Waals surface area contributed by atoms with Gasteiger partial charge in [0.15, 0.2) is 0 Å². The lowest BCUT2D eigenvalue weighted by Gasteiger charge is -2.11. The van der Waals surface area contributed by atoms with Gasteiger partial charge in [0.25, 0.3) is 5.56 Å². The Morgan fingerprint density at radius 1 is 0.886 bits per heavy atom. The van der Waals surface area contributed by atoms with Crippen molar-refractivity contribution in [2.45, 2.75) is 25.7 Å². The van der Waals surface area contributed by atoms with Crippen molar-refractivity contribution in [3.63, 3.8) is 0 Å². The molecule has 35 heavy (non-hydrogen) atoms. The van der Waals surface area contributed by atoms with Gasteiger partial charge in [-0.3, -0.25) is 4.79 Å². The van der Waals surface area contributed by atoms with Crippen molar-refractivity contribution in [2.24, 2.45) is 5.73 Å². The minimum atomic E-state index is -0.847. The van der Waals surface area contributed by atoms with E-state index in [0.29, 0.717) is 13.1 Å². The highest BCUT2D eigenvalue weighted by Crippen LogP contribution is 2.31. The Morgan fingerprint density at radius 2 is 1.54 bits per heavy atom. The molecule has 190 valence electrons. The molecule has 0 fully saturated rings. The van der Waals surface area contributed by atoms with E-state index in [1.807, 2.05) is 0 Å². The van der Waals surface area contributed by atoms with Crippen LogP contribution in [0.1, 0.15) is 25.7 Å². The van der Waals surface area contributed by atoms with Crippen molar-refractivity contribution in [2.75, 3.05) is 44.6 Å². The maximum absolute atomic E-state index is 14.5. The summed E-state index contributed by atoms with van der Waals surface area (Å²) in [6, 6.07) is 4.22. The summed E-state index contributed by atoms with van der Waals surface area (Å²) in [7, 11) is 0. The number of anilines is 1. The standard InChI is InChI=1S/C24H30ClF3N6O/c25-22-17(27)6-5-16(26)21(22)23-33-19-14-20(18(28)13-15(19)24(35)34-23)32-12-4-11-31-9-2-1-8-30-10-3-7-29/h5-6,13-14,30-32H,1-4,7-12,29H2,(H,33,34,35). The van der Waals surface area contributed by atoms with Gasteiger partial charge in [-0.2, -0.15) is 0 Å². The Morgan fingerprint density at radius 3 is 2.26 bits per heavy atom. The molecule has 1 heterocycles. The Balaban J connectivity index is 1.56. The lowest BCUT2D eigenvalue weighted by Crippen LogP contribution is -2.22. The molecule has 0 bridgehead atoms. The van der Waals surface area contributed by atoms with Crippen LogP contribution in [0.25, 0.3) is 22.3 Å². The van der Waals surface area contributed by atoms with Gasteiger partial charge >= 0.3 is 0 Å². The largest absolute Gasteiger partial charge is 0.383 e. The third-order valence-electron chi connectivity index (χ3n) is 5.44. The molecule has 6 N–H and O–H groups in total. The first-order valence-electron chi connectivity index (χ1n) is 11.6. The molecular formula is C24H30ClF3N6O. The van der Waals surface area contributed by atoms with Crippen LogP contribution in [-0.2, 0) is 0 Å². The number of aromatic amines is 1. The van der Waals surface area contributed by atoms with Crippen molar-refractivity contribution >= 4 is 28.2 Å². The van der Waals surface area contributed by atoms with Gasteiger partial charge in [-0.05, 0) is 82.7 Å². The van der Waals surface area contributed by atoms with Gasteiger partial charge in [0.2, 0.25) is 0 Å². The molecule has 0 atom stereocenters. The van der Waals surface area contributed by atoms with E-state index in [9.17, 15) is 18.0 Å². The SMILES string of the molecule is NCCCNCCCCNCCCNc1cc2nc(-c3c(F)ccc(F)c3Cl)[nH]c(=O)c2cc1F. The molecule has 3 rings (SSSR count). The third kappa shape index (κ3) is 7.41. The minimum Gasteiger partial charge on any atom is -0.383 e. The maximum atomic E-state index is 14.5. The average Bonchev–Trinajstić information content (AvgIpc) is 2.83. The molecule has 0 amide bonds. The zero-order chi connectivity index (χ0) is 25.2. The molecular weight excluding hydrogens is 481 g/mol. The summed E-state index contributed by atoms with van der Waals surface area (Å²) in [6.07, 6.45) is 3.87. The molecule has 0 saturated heterocycles. The van der Waals surface area contributed by atoms with E-state index < -0.39 is 28.0 Å². The molecule has 0 spiro atoms. The lowest BCUT2D eigenvalue weighted by molar-refractivity contribution is 0.571. The summed E-state index contributed by atoms with van der Waals surface area (Å²) >= 11 is 5.89. The van der Waals surface area contributed by atoms with Crippen molar-refractivity contribution < 1.29 is 13.2 Å². The van der Waals surface area contributed by atoms with E-state index >= 15 is 0 Å². The summed E-state index contributed by atoms with van der Waals surface area (Å²) in [5, 5.41) is 9.18. The van der Waals surface area contributed by atoms with Gasteiger partial charge < -0.3 is 26.7 Å². The van der Waals surface area contributed by atoms with Gasteiger partial charge in [0.05, 0.1) is 27.2 Å². The molecule has 1 aromatic heterocycles. The monoisotopic (exact) mass is 510 g/mol. The molecule has 0 aliphatic heterocycles. The number of unbranched alkanes of at least 4 members (excludes halogenated alkanes) is 1. The summed E-state index contributed by atoms with van der Waals surface area (Å²) in [5.41, 5.74) is 4.69. The second-order valence-corrected chi connectivity index (χ2v) is 8.49. The second kappa shape index (κ2) is 13.4. The van der Waals surface area contributed by atoms with E-state index in [4.69, 9.17) is 17.3 Å². The fourth-order valence-electron chi connectivity index (χ4n) is 3.57. The Labute approximate surface area is 206 Å². The van der Waals surface area contributed by atoms with Crippen LogP contribution in [-0.4, -0.2) is 49.2 Å². The molecule has 0 unspecified atom stereocenters. The van der Waals surface area contributed by atoms with Crippen LogP contribution < -0.4 is 27.2 Å². The summed E-state index contributed by atoms with van der Waals surface area (Å²) in [5.74, 6) is -2.53. The smallest absolute Gasteiger partial charge is 0.259 e. The van der Waals surface area contributed by atoms with Crippen LogP contribution in [0, 0.1) is 17.5 Å². The van der Waals surface area contributed by atoms with E-state index in [1.54, 1.807) is 0 Å². The summed E-state index contributed by atoms with van der Waals surface area (Å²) in [6.45, 7) is 4.78. The number of aromatic nitrogens is 2. The molecule has 0 aliphatic rings. The van der Waals surface area contributed by atoms with Crippen molar-refractivity contribution in [3.8, 4) is 11.4 Å². The lowest BCUT2D eigenvalue weighted by atomic mass is 10.1. The number of hydrogen-bond acceptors (Lipinski definition) is 6. The first kappa shape index (κ1) is 26.9. The number of benzene rings is 2. The quantitative estimate of drug-likeness (QED) is 0.167. The first-order chi connectivity index (χ1) is 16.9. The molecule has 0 aliphatic carbocycles. The molecule has 0 saturated carbocycles. The maximum Gasteiger partial charge on any atom is 0.259 e. The van der Waals surface area contributed by atoms with E-state index in [-0.39, 0.29) is 28.0 Å². The van der Waals surface area contributed by atoms with Crippen molar-refractivity contribution in [1.82, 2.24) is 20.6 Å². The molecule has 3 aromatic rings. The number of rotatable bonds is 14. The van der Waals surface area contributed by atoms with Gasteiger partial charge in [-0.15, -0.1) is 0 Å². The number of nitrogens with one attached hydrogen (secondary N) is 4. The number of halogens is 4. The topological polar surface area (TPSA) is 108 Å². The van der Waals surface area contributed by atoms with E-state index in [0.717, 1.165) is 70.1 Å². The third-order valence-corrected chi connectivity index (χ3v) is 5.81. The van der Waals surface area contributed by atoms with Gasteiger partial charge in [0, 0.05) is 6.54 Å². The van der Waals surface area contributed by atoms with E-state index in [2.05, 4.69) is 25.9 Å². The fourth-order valence-corrected chi connectivity index (χ4v) is 3.81. The van der Waals surface area contributed by atoms with Crippen molar-refractivity contribution in [1.29, 1.82) is 0 Å². The highest BCUT2D eigenvalue weighted by atomic mass is 35.5. The molecule has 7 nitrogen and oxygen atoms in total. The van der Waals surface area contributed by atoms with Crippen LogP contribution in [0.5, 0.6) is 0 Å². The number of fused-ring (bicyclic) bond motifs is 1. The Hall–Kier alpha value is -2.66. The average molecular weight is 511 g/mol. The van der Waals surface area contributed by atoms with Crippen LogP contribution in [0.4, 0.5) is 18.9 Å². The molecule has 0 radical (unpaired) electrons. The Kier molecular flexibility index (Phi) is 10.3. The van der Waals surface area contributed by atoms with Crippen LogP contribution in [0.3, 0.4) is 0 Å². The summed E-state index contributed by atoms with van der Waals surface area (Å²) in [4.78, 5) is 19.0. The van der Waals surface area contributed by atoms with Crippen LogP contribution in [0.2, 0.25) is 5.02 Å². The van der Waals surface area contributed by atoms with Crippen molar-refractivity contribution in [3.05, 3.63) is 57.1 Å². The first-order valence-corrected chi connectivity index (χ1v) is 12.0. The number of hydrogen-bond donors (Lipinski definition) is 5. The Bertz CT molecular complexity index is 1190.